The first-order valence-electron chi connectivity index (χ1n) is 5.28. The third kappa shape index (κ3) is 1.98. The normalized spacial score (nSPS) is 9.71. The number of hydrogen-bond donors (Lipinski definition) is 0. The van der Waals surface area contributed by atoms with Gasteiger partial charge in [-0.05, 0) is 41.3 Å². The molecule has 0 unspecified atom stereocenters. The summed E-state index contributed by atoms with van der Waals surface area (Å²) in [6.07, 6.45) is 1.14. The maximum absolute atomic E-state index is 2.24. The predicted molar refractivity (Wildman–Crippen MR) is 67.3 cm³/mol. The van der Waals surface area contributed by atoms with Gasteiger partial charge in [-0.25, -0.2) is 0 Å². The highest BCUT2D eigenvalue weighted by molar-refractivity contribution is 7.17. The molecule has 0 N–H and O–H groups in total. The van der Waals surface area contributed by atoms with Gasteiger partial charge in [0, 0.05) is 4.70 Å². The fourth-order valence-corrected chi connectivity index (χ4v) is 2.60. The molecule has 1 aromatic heterocycles. The van der Waals surface area contributed by atoms with Crippen LogP contribution in [0.2, 0.25) is 0 Å². The second-order valence-corrected chi connectivity index (χ2v) is 3.97. The van der Waals surface area contributed by atoms with Crippen molar-refractivity contribution in [3.63, 3.8) is 0 Å². The van der Waals surface area contributed by atoms with Crippen LogP contribution >= 0.6 is 11.3 Å². The largest absolute Gasteiger partial charge is 0.144 e. The first-order chi connectivity index (χ1) is 6.83. The molecule has 1 aromatic carbocycles. The molecular weight excluding hydrogens is 188 g/mol. The smallest absolute Gasteiger partial charge is 0.0377 e. The summed E-state index contributed by atoms with van der Waals surface area (Å²) in [5.74, 6) is 0. The van der Waals surface area contributed by atoms with Crippen LogP contribution in [0.1, 0.15) is 31.9 Å². The van der Waals surface area contributed by atoms with E-state index < -0.39 is 0 Å². The van der Waals surface area contributed by atoms with Gasteiger partial charge < -0.3 is 0 Å². The lowest BCUT2D eigenvalue weighted by molar-refractivity contribution is 1.16. The van der Waals surface area contributed by atoms with Crippen LogP contribution in [0.3, 0.4) is 0 Å². The van der Waals surface area contributed by atoms with Gasteiger partial charge in [0.05, 0.1) is 0 Å². The summed E-state index contributed by atoms with van der Waals surface area (Å²) in [6, 6.07) is 6.68. The second-order valence-electron chi connectivity index (χ2n) is 3.06. The van der Waals surface area contributed by atoms with E-state index in [0.717, 1.165) is 6.42 Å². The number of hydrogen-bond acceptors (Lipinski definition) is 1. The number of fused-ring (bicyclic) bond motifs is 1. The Bertz CT molecular complexity index is 399. The van der Waals surface area contributed by atoms with E-state index in [0.29, 0.717) is 0 Å². The average Bonchev–Trinajstić information content (AvgIpc) is 2.71. The van der Waals surface area contributed by atoms with Crippen molar-refractivity contribution < 1.29 is 0 Å². The molecule has 0 radical (unpaired) electrons. The van der Waals surface area contributed by atoms with Crippen molar-refractivity contribution in [1.29, 1.82) is 0 Å². The summed E-state index contributed by atoms with van der Waals surface area (Å²) >= 11 is 1.85. The van der Waals surface area contributed by atoms with Crippen molar-refractivity contribution in [2.75, 3.05) is 0 Å². The molecule has 0 nitrogen and oxygen atoms in total. The van der Waals surface area contributed by atoms with E-state index in [2.05, 4.69) is 37.4 Å². The zero-order chi connectivity index (χ0) is 10.6. The van der Waals surface area contributed by atoms with Crippen molar-refractivity contribution in [3.8, 4) is 0 Å². The van der Waals surface area contributed by atoms with Gasteiger partial charge in [-0.3, -0.25) is 0 Å². The van der Waals surface area contributed by atoms with Crippen molar-refractivity contribution in [2.45, 2.75) is 34.1 Å². The van der Waals surface area contributed by atoms with Crippen LogP contribution in [0.15, 0.2) is 23.6 Å². The highest BCUT2D eigenvalue weighted by atomic mass is 32.1. The van der Waals surface area contributed by atoms with Crippen LogP contribution in [-0.2, 0) is 6.42 Å². The van der Waals surface area contributed by atoms with Crippen molar-refractivity contribution >= 4 is 21.4 Å². The van der Waals surface area contributed by atoms with E-state index in [1.165, 1.54) is 21.2 Å². The van der Waals surface area contributed by atoms with E-state index in [-0.39, 0.29) is 0 Å². The van der Waals surface area contributed by atoms with Gasteiger partial charge in [-0.1, -0.05) is 32.9 Å². The molecule has 2 aromatic rings. The lowest BCUT2D eigenvalue weighted by atomic mass is 10.1. The highest BCUT2D eigenvalue weighted by Crippen LogP contribution is 2.27. The summed E-state index contributed by atoms with van der Waals surface area (Å²) in [4.78, 5) is 0. The maximum Gasteiger partial charge on any atom is 0.0377 e. The molecule has 0 spiro atoms. The molecule has 76 valence electrons. The zero-order valence-electron chi connectivity index (χ0n) is 9.42. The van der Waals surface area contributed by atoms with E-state index in [9.17, 15) is 0 Å². The van der Waals surface area contributed by atoms with E-state index in [1.807, 2.05) is 25.2 Å². The molecule has 0 aliphatic rings. The predicted octanol–water partition coefficient (Wildman–Crippen LogP) is 4.80. The van der Waals surface area contributed by atoms with Gasteiger partial charge in [0.1, 0.15) is 0 Å². The number of aryl methyl sites for hydroxylation is 2. The molecule has 0 bridgehead atoms. The van der Waals surface area contributed by atoms with E-state index >= 15 is 0 Å². The van der Waals surface area contributed by atoms with Gasteiger partial charge in [0.25, 0.3) is 0 Å². The van der Waals surface area contributed by atoms with Crippen LogP contribution in [0.5, 0.6) is 0 Å². The summed E-state index contributed by atoms with van der Waals surface area (Å²) < 4.78 is 1.47. The van der Waals surface area contributed by atoms with Gasteiger partial charge in [-0.2, -0.15) is 0 Å². The van der Waals surface area contributed by atoms with Crippen molar-refractivity contribution in [2.24, 2.45) is 0 Å². The van der Waals surface area contributed by atoms with Crippen LogP contribution in [-0.4, -0.2) is 0 Å². The monoisotopic (exact) mass is 206 g/mol. The molecule has 0 aliphatic heterocycles. The minimum Gasteiger partial charge on any atom is -0.144 e. The fourth-order valence-electron chi connectivity index (χ4n) is 1.54. The Labute approximate surface area is 90.6 Å². The zero-order valence-corrected chi connectivity index (χ0v) is 10.2. The van der Waals surface area contributed by atoms with E-state index in [1.54, 1.807) is 0 Å². The molecule has 2 rings (SSSR count). The second kappa shape index (κ2) is 5.16. The van der Waals surface area contributed by atoms with Gasteiger partial charge in [0.15, 0.2) is 0 Å². The standard InChI is InChI=1S/C11H12S.C2H6/c1-3-9-5-4-8(2)10-6-7-12-11(9)10;1-2/h4-7H,3H2,1-2H3;1-2H3. The first-order valence-corrected chi connectivity index (χ1v) is 6.16. The third-order valence-corrected chi connectivity index (χ3v) is 3.29. The molecule has 1 heteroatoms. The first kappa shape index (κ1) is 11.3. The Morgan fingerprint density at radius 1 is 1.14 bits per heavy atom. The number of benzene rings is 1. The number of thiophene rings is 1. The molecular formula is C13H18S. The molecule has 0 fully saturated rings. The number of rotatable bonds is 1. The van der Waals surface area contributed by atoms with Gasteiger partial charge >= 0.3 is 0 Å². The van der Waals surface area contributed by atoms with Gasteiger partial charge in [0.2, 0.25) is 0 Å². The highest BCUT2D eigenvalue weighted by Gasteiger charge is 2.02. The Morgan fingerprint density at radius 2 is 1.86 bits per heavy atom. The molecule has 0 saturated carbocycles. The minimum absolute atomic E-state index is 1.14. The summed E-state index contributed by atoms with van der Waals surface area (Å²) in [5, 5.41) is 3.61. The lowest BCUT2D eigenvalue weighted by Crippen LogP contribution is -1.81. The molecule has 0 amide bonds. The fraction of sp³-hybridized carbons (Fsp3) is 0.385. The summed E-state index contributed by atoms with van der Waals surface area (Å²) in [7, 11) is 0. The minimum atomic E-state index is 1.14. The molecule has 0 aliphatic carbocycles. The summed E-state index contributed by atoms with van der Waals surface area (Å²) in [5.41, 5.74) is 2.87. The lowest BCUT2D eigenvalue weighted by Gasteiger charge is -2.00. The van der Waals surface area contributed by atoms with E-state index in [4.69, 9.17) is 0 Å². The summed E-state index contributed by atoms with van der Waals surface area (Å²) in [6.45, 7) is 8.39. The third-order valence-electron chi connectivity index (χ3n) is 2.30. The molecule has 0 atom stereocenters. The Balaban J connectivity index is 0.000000461. The Kier molecular flexibility index (Phi) is 4.15. The molecule has 0 saturated heterocycles. The molecule has 14 heavy (non-hydrogen) atoms. The quantitative estimate of drug-likeness (QED) is 0.629. The maximum atomic E-state index is 2.24. The van der Waals surface area contributed by atoms with Crippen LogP contribution in [0.4, 0.5) is 0 Å². The topological polar surface area (TPSA) is 0 Å². The van der Waals surface area contributed by atoms with Crippen LogP contribution < -0.4 is 0 Å². The van der Waals surface area contributed by atoms with Crippen LogP contribution in [0, 0.1) is 6.92 Å². The SMILES string of the molecule is CC.CCc1ccc(C)c2ccsc12. The van der Waals surface area contributed by atoms with Crippen molar-refractivity contribution in [3.05, 3.63) is 34.7 Å². The van der Waals surface area contributed by atoms with Gasteiger partial charge in [-0.15, -0.1) is 11.3 Å². The Morgan fingerprint density at radius 3 is 2.50 bits per heavy atom. The average molecular weight is 206 g/mol. The molecule has 1 heterocycles. The van der Waals surface area contributed by atoms with Crippen molar-refractivity contribution in [1.82, 2.24) is 0 Å². The van der Waals surface area contributed by atoms with Crippen LogP contribution in [0.25, 0.3) is 10.1 Å². The Hall–Kier alpha value is -0.820.